The van der Waals surface area contributed by atoms with Crippen LogP contribution < -0.4 is 0 Å². The van der Waals surface area contributed by atoms with Gasteiger partial charge in [0.25, 0.3) is 0 Å². The number of carbonyl (C=O) groups excluding carboxylic acids is 1. The Kier molecular flexibility index (Phi) is 2.25. The van der Waals surface area contributed by atoms with Crippen LogP contribution in [0.3, 0.4) is 0 Å². The highest BCUT2D eigenvalue weighted by Gasteiger charge is 2.44. The van der Waals surface area contributed by atoms with Gasteiger partial charge in [0.05, 0.1) is 0 Å². The van der Waals surface area contributed by atoms with Gasteiger partial charge in [0.2, 0.25) is 0 Å². The minimum atomic E-state index is 0.160. The van der Waals surface area contributed by atoms with Gasteiger partial charge in [-0.3, -0.25) is 4.79 Å². The van der Waals surface area contributed by atoms with E-state index in [4.69, 9.17) is 0 Å². The molecule has 21 heavy (non-hydrogen) atoms. The molecule has 102 valence electrons. The van der Waals surface area contributed by atoms with E-state index in [1.54, 1.807) is 0 Å². The quantitative estimate of drug-likeness (QED) is 0.581. The van der Waals surface area contributed by atoms with Crippen molar-refractivity contribution in [2.24, 2.45) is 5.92 Å². The number of ketones is 1. The maximum atomic E-state index is 12.7. The summed E-state index contributed by atoms with van der Waals surface area (Å²) in [6.45, 7) is 0. The monoisotopic (exact) mass is 290 g/mol. The zero-order valence-electron chi connectivity index (χ0n) is 11.5. The molecular formula is C19H14OS. The van der Waals surface area contributed by atoms with E-state index in [2.05, 4.69) is 36.4 Å². The average molecular weight is 290 g/mol. The van der Waals surface area contributed by atoms with E-state index in [0.29, 0.717) is 5.78 Å². The third-order valence-electron chi connectivity index (χ3n) is 5.00. The van der Waals surface area contributed by atoms with E-state index in [0.717, 1.165) is 18.4 Å². The van der Waals surface area contributed by atoms with Gasteiger partial charge in [0.15, 0.2) is 5.78 Å². The van der Waals surface area contributed by atoms with Crippen molar-refractivity contribution in [3.8, 4) is 0 Å². The topological polar surface area (TPSA) is 17.1 Å². The summed E-state index contributed by atoms with van der Waals surface area (Å²) in [6.07, 6.45) is 2.05. The Morgan fingerprint density at radius 3 is 2.76 bits per heavy atom. The summed E-state index contributed by atoms with van der Waals surface area (Å²) >= 11 is 1.91. The Hall–Kier alpha value is -1.93. The summed E-state index contributed by atoms with van der Waals surface area (Å²) in [5.74, 6) is 0.804. The Labute approximate surface area is 127 Å². The Morgan fingerprint density at radius 2 is 1.81 bits per heavy atom. The Morgan fingerprint density at radius 1 is 1.00 bits per heavy atom. The molecule has 0 N–H and O–H groups in total. The van der Waals surface area contributed by atoms with E-state index in [1.165, 1.54) is 26.1 Å². The van der Waals surface area contributed by atoms with Gasteiger partial charge in [0.1, 0.15) is 0 Å². The summed E-state index contributed by atoms with van der Waals surface area (Å²) in [6, 6.07) is 16.9. The van der Waals surface area contributed by atoms with Crippen LogP contribution in [-0.2, 0) is 6.42 Å². The van der Waals surface area contributed by atoms with Gasteiger partial charge in [-0.05, 0) is 35.4 Å². The lowest BCUT2D eigenvalue weighted by Crippen LogP contribution is -2.20. The van der Waals surface area contributed by atoms with E-state index in [1.807, 2.05) is 23.5 Å². The lowest BCUT2D eigenvalue weighted by Gasteiger charge is -2.25. The number of Topliss-reactive ketones (excluding diaryl/α,β-unsaturated/α-hetero) is 1. The summed E-state index contributed by atoms with van der Waals surface area (Å²) < 4.78 is 1.36. The fraction of sp³-hybridized carbons (Fsp3) is 0.211. The number of hydrogen-bond acceptors (Lipinski definition) is 2. The molecule has 0 radical (unpaired) electrons. The fourth-order valence-corrected chi connectivity index (χ4v) is 5.41. The molecule has 2 aliphatic carbocycles. The third kappa shape index (κ3) is 1.43. The van der Waals surface area contributed by atoms with E-state index in [-0.39, 0.29) is 11.8 Å². The average Bonchev–Trinajstić information content (AvgIpc) is 3.04. The van der Waals surface area contributed by atoms with Crippen LogP contribution in [-0.4, -0.2) is 5.78 Å². The van der Waals surface area contributed by atoms with Gasteiger partial charge in [0, 0.05) is 27.0 Å². The number of benzene rings is 2. The van der Waals surface area contributed by atoms with Crippen LogP contribution in [0.2, 0.25) is 0 Å². The number of fused-ring (bicyclic) bond motifs is 7. The normalized spacial score (nSPS) is 23.0. The van der Waals surface area contributed by atoms with Crippen molar-refractivity contribution in [2.45, 2.75) is 18.8 Å². The van der Waals surface area contributed by atoms with Crippen molar-refractivity contribution in [3.63, 3.8) is 0 Å². The molecule has 0 bridgehead atoms. The minimum Gasteiger partial charge on any atom is -0.294 e. The SMILES string of the molecule is O=C1c2ccccc2[C@H]2c3c(sc4ccccc34)CC[C@@H]12. The molecule has 0 spiro atoms. The van der Waals surface area contributed by atoms with E-state index < -0.39 is 0 Å². The molecule has 5 rings (SSSR count). The molecule has 3 aromatic rings. The fourth-order valence-electron chi connectivity index (χ4n) is 4.14. The molecule has 0 aliphatic heterocycles. The summed E-state index contributed by atoms with van der Waals surface area (Å²) in [7, 11) is 0. The molecule has 1 heterocycles. The first-order chi connectivity index (χ1) is 10.3. The minimum absolute atomic E-state index is 0.160. The molecule has 1 nitrogen and oxygen atoms in total. The van der Waals surface area contributed by atoms with Gasteiger partial charge >= 0.3 is 0 Å². The molecule has 0 saturated heterocycles. The molecule has 2 atom stereocenters. The molecule has 2 heteroatoms. The largest absolute Gasteiger partial charge is 0.294 e. The van der Waals surface area contributed by atoms with Crippen LogP contribution in [0.25, 0.3) is 10.1 Å². The van der Waals surface area contributed by atoms with Gasteiger partial charge in [-0.15, -0.1) is 11.3 Å². The van der Waals surface area contributed by atoms with Crippen LogP contribution in [0, 0.1) is 5.92 Å². The lowest BCUT2D eigenvalue weighted by atomic mass is 9.77. The molecule has 0 unspecified atom stereocenters. The first-order valence-electron chi connectivity index (χ1n) is 7.48. The smallest absolute Gasteiger partial charge is 0.167 e. The predicted octanol–water partition coefficient (Wildman–Crippen LogP) is 4.79. The Balaban J connectivity index is 1.85. The second kappa shape index (κ2) is 4.05. The number of aryl methyl sites for hydroxylation is 1. The number of hydrogen-bond donors (Lipinski definition) is 0. The van der Waals surface area contributed by atoms with Gasteiger partial charge in [-0.1, -0.05) is 42.5 Å². The van der Waals surface area contributed by atoms with Crippen molar-refractivity contribution < 1.29 is 4.79 Å². The number of carbonyl (C=O) groups is 1. The number of thiophene rings is 1. The maximum absolute atomic E-state index is 12.7. The van der Waals surface area contributed by atoms with Crippen molar-refractivity contribution in [3.05, 3.63) is 70.1 Å². The van der Waals surface area contributed by atoms with Crippen LogP contribution in [0.5, 0.6) is 0 Å². The van der Waals surface area contributed by atoms with Crippen LogP contribution in [0.15, 0.2) is 48.5 Å². The van der Waals surface area contributed by atoms with Crippen LogP contribution in [0.4, 0.5) is 0 Å². The molecule has 0 fully saturated rings. The van der Waals surface area contributed by atoms with E-state index in [9.17, 15) is 4.79 Å². The zero-order chi connectivity index (χ0) is 14.0. The van der Waals surface area contributed by atoms with E-state index >= 15 is 0 Å². The molecule has 1 aromatic heterocycles. The van der Waals surface area contributed by atoms with Crippen molar-refractivity contribution >= 4 is 27.2 Å². The molecule has 2 aliphatic rings. The first-order valence-corrected chi connectivity index (χ1v) is 8.29. The first kappa shape index (κ1) is 11.7. The van der Waals surface area contributed by atoms with Crippen molar-refractivity contribution in [1.82, 2.24) is 0 Å². The lowest BCUT2D eigenvalue weighted by molar-refractivity contribution is 0.0920. The highest BCUT2D eigenvalue weighted by molar-refractivity contribution is 7.19. The van der Waals surface area contributed by atoms with Crippen LogP contribution in [0.1, 0.15) is 38.7 Å². The predicted molar refractivity (Wildman–Crippen MR) is 86.3 cm³/mol. The standard InChI is InChI=1S/C19H14OS/c20-19-12-6-2-1-5-11(12)17-14(19)9-10-16-18(17)13-7-3-4-8-15(13)21-16/h1-8,14,17H,9-10H2/t14-,17-/m1/s1. The van der Waals surface area contributed by atoms with Crippen LogP contribution >= 0.6 is 11.3 Å². The number of rotatable bonds is 0. The van der Waals surface area contributed by atoms with Crippen molar-refractivity contribution in [1.29, 1.82) is 0 Å². The molecule has 0 amide bonds. The summed E-state index contributed by atoms with van der Waals surface area (Å²) in [5.41, 5.74) is 3.64. The Bertz CT molecular complexity index is 889. The molecule has 2 aromatic carbocycles. The molecule has 0 saturated carbocycles. The van der Waals surface area contributed by atoms with Crippen molar-refractivity contribution in [2.75, 3.05) is 0 Å². The second-order valence-corrected chi connectivity index (χ2v) is 7.15. The highest BCUT2D eigenvalue weighted by atomic mass is 32.1. The molecular weight excluding hydrogens is 276 g/mol. The highest BCUT2D eigenvalue weighted by Crippen LogP contribution is 2.52. The van der Waals surface area contributed by atoms with Gasteiger partial charge in [-0.2, -0.15) is 0 Å². The summed E-state index contributed by atoms with van der Waals surface area (Å²) in [5, 5.41) is 1.36. The maximum Gasteiger partial charge on any atom is 0.167 e. The zero-order valence-corrected chi connectivity index (χ0v) is 12.3. The second-order valence-electron chi connectivity index (χ2n) is 6.01. The van der Waals surface area contributed by atoms with Gasteiger partial charge in [-0.25, -0.2) is 0 Å². The van der Waals surface area contributed by atoms with Gasteiger partial charge < -0.3 is 0 Å². The summed E-state index contributed by atoms with van der Waals surface area (Å²) in [4.78, 5) is 14.2. The third-order valence-corrected chi connectivity index (χ3v) is 6.25.